The van der Waals surface area contributed by atoms with Crippen LogP contribution in [0.5, 0.6) is 0 Å². The first-order valence-electron chi connectivity index (χ1n) is 5.06. The molecule has 0 bridgehead atoms. The minimum atomic E-state index is 0.548. The van der Waals surface area contributed by atoms with Crippen LogP contribution in [0.3, 0.4) is 0 Å². The number of halogens is 2. The molecule has 2 aromatic rings. The van der Waals surface area contributed by atoms with E-state index >= 15 is 0 Å². The summed E-state index contributed by atoms with van der Waals surface area (Å²) in [7, 11) is 0. The maximum absolute atomic E-state index is 5.95. The van der Waals surface area contributed by atoms with Crippen molar-refractivity contribution < 1.29 is 0 Å². The molecule has 0 aliphatic heterocycles. The van der Waals surface area contributed by atoms with Crippen molar-refractivity contribution >= 4 is 34.9 Å². The van der Waals surface area contributed by atoms with Crippen LogP contribution in [0.15, 0.2) is 36.8 Å². The Morgan fingerprint density at radius 3 is 2.65 bits per heavy atom. The van der Waals surface area contributed by atoms with Gasteiger partial charge in [-0.25, -0.2) is 0 Å². The fourth-order valence-corrected chi connectivity index (χ4v) is 1.74. The van der Waals surface area contributed by atoms with Crippen molar-refractivity contribution in [3.05, 3.63) is 58.1 Å². The smallest absolute Gasteiger partial charge is 0.0842 e. The number of hydrogen-bond acceptors (Lipinski definition) is 2. The van der Waals surface area contributed by atoms with Crippen LogP contribution >= 0.6 is 23.2 Å². The molecule has 0 unspecified atom stereocenters. The van der Waals surface area contributed by atoms with Gasteiger partial charge < -0.3 is 0 Å². The van der Waals surface area contributed by atoms with Gasteiger partial charge in [0.05, 0.1) is 21.9 Å². The summed E-state index contributed by atoms with van der Waals surface area (Å²) in [5.41, 5.74) is 2.86. The summed E-state index contributed by atoms with van der Waals surface area (Å²) in [5.74, 6) is 0. The maximum Gasteiger partial charge on any atom is 0.0842 e. The Kier molecular flexibility index (Phi) is 3.77. The number of allylic oxidation sites excluding steroid dienone is 1. The Balaban J connectivity index is 2.33. The summed E-state index contributed by atoms with van der Waals surface area (Å²) in [4.78, 5) is 8.25. The quantitative estimate of drug-likeness (QED) is 0.806. The predicted molar refractivity (Wildman–Crippen MR) is 72.0 cm³/mol. The SMILES string of the molecule is C/C(=C/c1ccc(Cl)c(Cl)c1)c1cnccn1. The molecule has 0 radical (unpaired) electrons. The molecule has 2 rings (SSSR count). The molecule has 4 heteroatoms. The zero-order valence-electron chi connectivity index (χ0n) is 9.19. The monoisotopic (exact) mass is 264 g/mol. The van der Waals surface area contributed by atoms with Crippen LogP contribution in [0.1, 0.15) is 18.2 Å². The van der Waals surface area contributed by atoms with E-state index in [0.717, 1.165) is 16.8 Å². The number of benzene rings is 1. The van der Waals surface area contributed by atoms with Crippen molar-refractivity contribution in [3.63, 3.8) is 0 Å². The molecule has 0 aliphatic rings. The van der Waals surface area contributed by atoms with Crippen molar-refractivity contribution in [2.75, 3.05) is 0 Å². The fraction of sp³-hybridized carbons (Fsp3) is 0.0769. The summed E-state index contributed by atoms with van der Waals surface area (Å²) in [5, 5.41) is 1.10. The van der Waals surface area contributed by atoms with E-state index in [9.17, 15) is 0 Å². The van der Waals surface area contributed by atoms with Crippen LogP contribution in [-0.4, -0.2) is 9.97 Å². The van der Waals surface area contributed by atoms with Gasteiger partial charge in [0.15, 0.2) is 0 Å². The summed E-state index contributed by atoms with van der Waals surface area (Å²) in [6, 6.07) is 5.51. The second-order valence-electron chi connectivity index (χ2n) is 3.59. The van der Waals surface area contributed by atoms with Crippen molar-refractivity contribution in [1.82, 2.24) is 9.97 Å². The predicted octanol–water partition coefficient (Wildman–Crippen LogP) is 4.34. The number of aromatic nitrogens is 2. The minimum Gasteiger partial charge on any atom is -0.261 e. The molecular weight excluding hydrogens is 255 g/mol. The van der Waals surface area contributed by atoms with Gasteiger partial charge in [-0.05, 0) is 36.3 Å². The molecule has 0 spiro atoms. The van der Waals surface area contributed by atoms with E-state index in [1.165, 1.54) is 0 Å². The molecule has 0 amide bonds. The van der Waals surface area contributed by atoms with Gasteiger partial charge in [0.2, 0.25) is 0 Å². The zero-order valence-corrected chi connectivity index (χ0v) is 10.7. The molecule has 0 N–H and O–H groups in total. The van der Waals surface area contributed by atoms with E-state index in [1.54, 1.807) is 24.7 Å². The third kappa shape index (κ3) is 3.05. The summed E-state index contributed by atoms with van der Waals surface area (Å²) < 4.78 is 0. The molecule has 1 aromatic carbocycles. The lowest BCUT2D eigenvalue weighted by atomic mass is 10.1. The molecule has 1 heterocycles. The normalized spacial score (nSPS) is 11.6. The Morgan fingerprint density at radius 2 is 2.00 bits per heavy atom. The highest BCUT2D eigenvalue weighted by Gasteiger charge is 2.00. The average molecular weight is 265 g/mol. The number of rotatable bonds is 2. The lowest BCUT2D eigenvalue weighted by molar-refractivity contribution is 1.17. The maximum atomic E-state index is 5.95. The molecule has 2 nitrogen and oxygen atoms in total. The molecule has 0 atom stereocenters. The molecule has 0 saturated carbocycles. The minimum absolute atomic E-state index is 0.548. The van der Waals surface area contributed by atoms with E-state index in [2.05, 4.69) is 9.97 Å². The van der Waals surface area contributed by atoms with Crippen LogP contribution in [0.25, 0.3) is 11.6 Å². The summed E-state index contributed by atoms with van der Waals surface area (Å²) in [6.45, 7) is 1.98. The lowest BCUT2D eigenvalue weighted by Crippen LogP contribution is -1.86. The average Bonchev–Trinajstić information content (AvgIpc) is 2.35. The third-order valence-corrected chi connectivity index (χ3v) is 3.03. The van der Waals surface area contributed by atoms with E-state index < -0.39 is 0 Å². The van der Waals surface area contributed by atoms with Crippen molar-refractivity contribution in [2.24, 2.45) is 0 Å². The van der Waals surface area contributed by atoms with Gasteiger partial charge in [-0.2, -0.15) is 0 Å². The highest BCUT2D eigenvalue weighted by Crippen LogP contribution is 2.24. The van der Waals surface area contributed by atoms with Crippen molar-refractivity contribution in [1.29, 1.82) is 0 Å². The zero-order chi connectivity index (χ0) is 12.3. The topological polar surface area (TPSA) is 25.8 Å². The van der Waals surface area contributed by atoms with Gasteiger partial charge in [0.1, 0.15) is 0 Å². The standard InChI is InChI=1S/C13H10Cl2N2/c1-9(13-8-16-4-5-17-13)6-10-2-3-11(14)12(15)7-10/h2-8H,1H3/b9-6-. The van der Waals surface area contributed by atoms with Gasteiger partial charge in [-0.3, -0.25) is 9.97 Å². The summed E-state index contributed by atoms with van der Waals surface area (Å²) >= 11 is 11.8. The Morgan fingerprint density at radius 1 is 1.18 bits per heavy atom. The van der Waals surface area contributed by atoms with Gasteiger partial charge in [-0.15, -0.1) is 0 Å². The van der Waals surface area contributed by atoms with Crippen LogP contribution in [-0.2, 0) is 0 Å². The molecule has 0 fully saturated rings. The van der Waals surface area contributed by atoms with Crippen LogP contribution in [0, 0.1) is 0 Å². The first-order chi connectivity index (χ1) is 8.16. The van der Waals surface area contributed by atoms with E-state index in [0.29, 0.717) is 10.0 Å². The highest BCUT2D eigenvalue weighted by molar-refractivity contribution is 6.42. The van der Waals surface area contributed by atoms with Crippen molar-refractivity contribution in [3.8, 4) is 0 Å². The molecule has 1 aromatic heterocycles. The highest BCUT2D eigenvalue weighted by atomic mass is 35.5. The van der Waals surface area contributed by atoms with Crippen molar-refractivity contribution in [2.45, 2.75) is 6.92 Å². The Bertz CT molecular complexity index is 551. The van der Waals surface area contributed by atoms with E-state index in [1.807, 2.05) is 25.1 Å². The molecule has 0 aliphatic carbocycles. The van der Waals surface area contributed by atoms with Crippen LogP contribution in [0.4, 0.5) is 0 Å². The van der Waals surface area contributed by atoms with Gasteiger partial charge in [-0.1, -0.05) is 29.3 Å². The first-order valence-corrected chi connectivity index (χ1v) is 5.82. The van der Waals surface area contributed by atoms with Crippen LogP contribution in [0.2, 0.25) is 10.0 Å². The lowest BCUT2D eigenvalue weighted by Gasteiger charge is -2.01. The van der Waals surface area contributed by atoms with Gasteiger partial charge >= 0.3 is 0 Å². The third-order valence-electron chi connectivity index (χ3n) is 2.29. The van der Waals surface area contributed by atoms with Gasteiger partial charge in [0, 0.05) is 12.4 Å². The molecule has 86 valence electrons. The Hall–Kier alpha value is -1.38. The second-order valence-corrected chi connectivity index (χ2v) is 4.41. The number of nitrogens with zero attached hydrogens (tertiary/aromatic N) is 2. The molecular formula is C13H10Cl2N2. The largest absolute Gasteiger partial charge is 0.261 e. The van der Waals surface area contributed by atoms with E-state index in [-0.39, 0.29) is 0 Å². The first kappa shape index (κ1) is 12.1. The van der Waals surface area contributed by atoms with Crippen LogP contribution < -0.4 is 0 Å². The summed E-state index contributed by atoms with van der Waals surface area (Å²) in [6.07, 6.45) is 7.03. The molecule has 17 heavy (non-hydrogen) atoms. The van der Waals surface area contributed by atoms with Gasteiger partial charge in [0.25, 0.3) is 0 Å². The second kappa shape index (κ2) is 5.30. The number of hydrogen-bond donors (Lipinski definition) is 0. The molecule has 0 saturated heterocycles. The fourth-order valence-electron chi connectivity index (χ4n) is 1.43. The van der Waals surface area contributed by atoms with E-state index in [4.69, 9.17) is 23.2 Å². The Labute approximate surface area is 110 Å².